The highest BCUT2D eigenvalue weighted by atomic mass is 35.5. The maximum absolute atomic E-state index is 13.6. The van der Waals surface area contributed by atoms with Gasteiger partial charge in [-0.05, 0) is 50.6 Å². The van der Waals surface area contributed by atoms with Crippen molar-refractivity contribution in [3.8, 4) is 5.95 Å². The molecular weight excluding hydrogens is 440 g/mol. The lowest BCUT2D eigenvalue weighted by Crippen LogP contribution is -2.28. The van der Waals surface area contributed by atoms with Gasteiger partial charge in [0.25, 0.3) is 11.9 Å². The fourth-order valence-corrected chi connectivity index (χ4v) is 4.33. The summed E-state index contributed by atoms with van der Waals surface area (Å²) >= 11 is 6.25. The van der Waals surface area contributed by atoms with E-state index >= 15 is 0 Å². The van der Waals surface area contributed by atoms with Gasteiger partial charge in [0.2, 0.25) is 0 Å². The lowest BCUT2D eigenvalue weighted by Gasteiger charge is -2.18. The summed E-state index contributed by atoms with van der Waals surface area (Å²) in [6.45, 7) is 6.89. The summed E-state index contributed by atoms with van der Waals surface area (Å²) in [4.78, 5) is 24.5. The molecule has 0 bridgehead atoms. The van der Waals surface area contributed by atoms with E-state index in [-0.39, 0.29) is 5.91 Å². The Morgan fingerprint density at radius 3 is 2.91 bits per heavy atom. The number of hydrogen-bond acceptors (Lipinski definition) is 6. The molecular formula is C23H25ClN8O. The normalized spacial score (nSPS) is 13.3. The zero-order chi connectivity index (χ0) is 23.1. The van der Waals surface area contributed by atoms with Crippen LogP contribution >= 0.6 is 11.6 Å². The molecule has 0 spiro atoms. The van der Waals surface area contributed by atoms with Gasteiger partial charge in [-0.25, -0.2) is 14.6 Å². The van der Waals surface area contributed by atoms with Gasteiger partial charge in [-0.3, -0.25) is 9.48 Å². The second kappa shape index (κ2) is 8.57. The molecule has 1 aromatic carbocycles. The molecule has 1 aliphatic heterocycles. The van der Waals surface area contributed by atoms with E-state index in [1.54, 1.807) is 34.8 Å². The standard InChI is InChI=1S/C23H25ClN8O/c1-4-31-14(2)16(10-26-31)12-30(3)22(33)21-18-9-17(24)5-6-19(18)27-23(28-21)32-13-15-7-8-25-11-20(15)29-32/h5-6,9-10,13,25H,4,7-8,11-12H2,1-3H3. The van der Waals surface area contributed by atoms with Crippen LogP contribution in [0, 0.1) is 6.92 Å². The van der Waals surface area contributed by atoms with Crippen molar-refractivity contribution in [1.82, 2.24) is 39.7 Å². The van der Waals surface area contributed by atoms with Crippen molar-refractivity contribution in [2.24, 2.45) is 0 Å². The summed E-state index contributed by atoms with van der Waals surface area (Å²) < 4.78 is 3.58. The molecule has 5 rings (SSSR count). The van der Waals surface area contributed by atoms with Crippen LogP contribution in [0.3, 0.4) is 0 Å². The van der Waals surface area contributed by atoms with Crippen LogP contribution in [0.4, 0.5) is 0 Å². The van der Waals surface area contributed by atoms with E-state index in [1.807, 2.05) is 30.9 Å². The van der Waals surface area contributed by atoms with Crippen LogP contribution in [0.5, 0.6) is 0 Å². The number of aryl methyl sites for hydroxylation is 1. The van der Waals surface area contributed by atoms with Gasteiger partial charge >= 0.3 is 0 Å². The topological polar surface area (TPSA) is 93.8 Å². The van der Waals surface area contributed by atoms with Gasteiger partial charge in [-0.1, -0.05) is 11.6 Å². The Bertz CT molecular complexity index is 1330. The predicted molar refractivity (Wildman–Crippen MR) is 126 cm³/mol. The van der Waals surface area contributed by atoms with Crippen LogP contribution in [0.15, 0.2) is 30.6 Å². The molecule has 0 radical (unpaired) electrons. The average molecular weight is 465 g/mol. The fourth-order valence-electron chi connectivity index (χ4n) is 4.16. The molecule has 3 aromatic heterocycles. The summed E-state index contributed by atoms with van der Waals surface area (Å²) in [5.41, 5.74) is 5.13. The SMILES string of the molecule is CCn1ncc(CN(C)C(=O)c2nc(-n3cc4c(n3)CNCC4)nc3ccc(Cl)cc23)c1C. The van der Waals surface area contributed by atoms with Crippen molar-refractivity contribution in [1.29, 1.82) is 0 Å². The predicted octanol–water partition coefficient (Wildman–Crippen LogP) is 2.91. The molecule has 10 heteroatoms. The van der Waals surface area contributed by atoms with Crippen molar-refractivity contribution in [3.05, 3.63) is 63.8 Å². The van der Waals surface area contributed by atoms with Crippen LogP contribution in [-0.4, -0.2) is 53.9 Å². The molecule has 9 nitrogen and oxygen atoms in total. The summed E-state index contributed by atoms with van der Waals surface area (Å²) in [6.07, 6.45) is 4.66. The van der Waals surface area contributed by atoms with E-state index in [2.05, 4.69) is 25.5 Å². The minimum atomic E-state index is -0.215. The number of rotatable bonds is 5. The zero-order valence-electron chi connectivity index (χ0n) is 18.8. The minimum absolute atomic E-state index is 0.215. The van der Waals surface area contributed by atoms with Crippen LogP contribution < -0.4 is 5.32 Å². The number of nitrogens with zero attached hydrogens (tertiary/aromatic N) is 7. The van der Waals surface area contributed by atoms with Crippen molar-refractivity contribution in [3.63, 3.8) is 0 Å². The maximum Gasteiger partial charge on any atom is 0.273 e. The lowest BCUT2D eigenvalue weighted by molar-refractivity contribution is 0.0781. The Labute approximate surface area is 196 Å². The summed E-state index contributed by atoms with van der Waals surface area (Å²) in [7, 11) is 1.77. The highest BCUT2D eigenvalue weighted by molar-refractivity contribution is 6.31. The fraction of sp³-hybridized carbons (Fsp3) is 0.348. The number of benzene rings is 1. The van der Waals surface area contributed by atoms with Crippen LogP contribution in [0.2, 0.25) is 5.02 Å². The van der Waals surface area contributed by atoms with E-state index in [0.29, 0.717) is 40.7 Å². The number of nitrogens with one attached hydrogen (secondary N) is 1. The van der Waals surface area contributed by atoms with Gasteiger partial charge in [0, 0.05) is 54.5 Å². The molecule has 1 amide bonds. The van der Waals surface area contributed by atoms with Crippen LogP contribution in [0.25, 0.3) is 16.9 Å². The molecule has 0 aliphatic carbocycles. The largest absolute Gasteiger partial charge is 0.336 e. The molecule has 1 aliphatic rings. The second-order valence-electron chi connectivity index (χ2n) is 8.24. The third-order valence-corrected chi connectivity index (χ3v) is 6.29. The third kappa shape index (κ3) is 3.98. The Morgan fingerprint density at radius 2 is 2.15 bits per heavy atom. The lowest BCUT2D eigenvalue weighted by atomic mass is 10.1. The number of carbonyl (C=O) groups is 1. The van der Waals surface area contributed by atoms with Crippen molar-refractivity contribution in [2.45, 2.75) is 39.9 Å². The zero-order valence-corrected chi connectivity index (χ0v) is 19.6. The van der Waals surface area contributed by atoms with Gasteiger partial charge in [-0.15, -0.1) is 0 Å². The minimum Gasteiger partial charge on any atom is -0.336 e. The third-order valence-electron chi connectivity index (χ3n) is 6.05. The first-order chi connectivity index (χ1) is 15.9. The maximum atomic E-state index is 13.6. The van der Waals surface area contributed by atoms with Crippen LogP contribution in [0.1, 0.15) is 39.9 Å². The van der Waals surface area contributed by atoms with Gasteiger partial charge in [0.05, 0.1) is 17.4 Å². The number of carbonyl (C=O) groups excluding carboxylic acids is 1. The number of amides is 1. The number of halogens is 1. The molecule has 0 unspecified atom stereocenters. The van der Waals surface area contributed by atoms with Gasteiger partial charge < -0.3 is 10.2 Å². The van der Waals surface area contributed by atoms with Gasteiger partial charge in [0.15, 0.2) is 0 Å². The Balaban J connectivity index is 1.55. The number of aromatic nitrogens is 6. The average Bonchev–Trinajstić information content (AvgIpc) is 3.41. The van der Waals surface area contributed by atoms with E-state index in [9.17, 15) is 4.79 Å². The quantitative estimate of drug-likeness (QED) is 0.488. The van der Waals surface area contributed by atoms with Crippen molar-refractivity contribution >= 4 is 28.4 Å². The van der Waals surface area contributed by atoms with Crippen molar-refractivity contribution in [2.75, 3.05) is 13.6 Å². The first-order valence-electron chi connectivity index (χ1n) is 11.0. The summed E-state index contributed by atoms with van der Waals surface area (Å²) in [6, 6.07) is 5.30. The first-order valence-corrected chi connectivity index (χ1v) is 11.3. The number of hydrogen-bond donors (Lipinski definition) is 1. The Morgan fingerprint density at radius 1 is 1.30 bits per heavy atom. The highest BCUT2D eigenvalue weighted by Crippen LogP contribution is 2.24. The van der Waals surface area contributed by atoms with Gasteiger partial charge in [-0.2, -0.15) is 10.2 Å². The molecule has 0 saturated carbocycles. The van der Waals surface area contributed by atoms with E-state index < -0.39 is 0 Å². The van der Waals surface area contributed by atoms with Gasteiger partial charge in [0.1, 0.15) is 5.69 Å². The Kier molecular flexibility index (Phi) is 5.59. The van der Waals surface area contributed by atoms with E-state index in [0.717, 1.165) is 36.5 Å². The van der Waals surface area contributed by atoms with Crippen molar-refractivity contribution < 1.29 is 4.79 Å². The monoisotopic (exact) mass is 464 g/mol. The first kappa shape index (κ1) is 21.5. The molecule has 0 atom stereocenters. The Hall–Kier alpha value is -3.30. The molecule has 170 valence electrons. The molecule has 0 saturated heterocycles. The summed E-state index contributed by atoms with van der Waals surface area (Å²) in [5, 5.41) is 13.5. The van der Waals surface area contributed by atoms with E-state index in [1.165, 1.54) is 5.56 Å². The second-order valence-corrected chi connectivity index (χ2v) is 8.67. The smallest absolute Gasteiger partial charge is 0.273 e. The molecule has 1 N–H and O–H groups in total. The molecule has 4 heterocycles. The molecule has 0 fully saturated rings. The van der Waals surface area contributed by atoms with Crippen LogP contribution in [-0.2, 0) is 26.1 Å². The van der Waals surface area contributed by atoms with E-state index in [4.69, 9.17) is 11.6 Å². The molecule has 4 aromatic rings. The summed E-state index contributed by atoms with van der Waals surface area (Å²) in [5.74, 6) is 0.152. The molecule has 33 heavy (non-hydrogen) atoms. The highest BCUT2D eigenvalue weighted by Gasteiger charge is 2.22. The number of fused-ring (bicyclic) bond motifs is 2.